The van der Waals surface area contributed by atoms with Gasteiger partial charge in [-0.2, -0.15) is 0 Å². The molecule has 0 aliphatic rings. The van der Waals surface area contributed by atoms with Gasteiger partial charge in [0.2, 0.25) is 5.43 Å². The number of fused-ring (bicyclic) bond motifs is 1. The summed E-state index contributed by atoms with van der Waals surface area (Å²) in [6, 6.07) is 6.11. The fourth-order valence-corrected chi connectivity index (χ4v) is 3.16. The highest BCUT2D eigenvalue weighted by atomic mass is 32.1. The molecule has 0 fully saturated rings. The normalized spacial score (nSPS) is 10.7. The molecule has 0 spiro atoms. The van der Waals surface area contributed by atoms with Crippen molar-refractivity contribution in [1.29, 1.82) is 0 Å². The van der Waals surface area contributed by atoms with E-state index in [1.807, 2.05) is 0 Å². The molecule has 5 nitrogen and oxygen atoms in total. The van der Waals surface area contributed by atoms with Crippen molar-refractivity contribution in [2.75, 3.05) is 7.11 Å². The second-order valence-electron chi connectivity index (χ2n) is 4.71. The summed E-state index contributed by atoms with van der Waals surface area (Å²) in [5, 5.41) is 9.81. The predicted molar refractivity (Wildman–Crippen MR) is 84.3 cm³/mol. The third-order valence-corrected chi connectivity index (χ3v) is 4.26. The number of rotatable bonds is 2. The first kappa shape index (κ1) is 15.1. The van der Waals surface area contributed by atoms with E-state index >= 15 is 0 Å². The summed E-state index contributed by atoms with van der Waals surface area (Å²) < 4.78 is 18.3. The maximum absolute atomic E-state index is 13.3. The minimum Gasteiger partial charge on any atom is -0.499 e. The van der Waals surface area contributed by atoms with Gasteiger partial charge in [0.15, 0.2) is 10.6 Å². The van der Waals surface area contributed by atoms with Crippen molar-refractivity contribution in [3.8, 4) is 16.2 Å². The number of halogens is 1. The lowest BCUT2D eigenvalue weighted by molar-refractivity contribution is 0.0597. The van der Waals surface area contributed by atoms with Crippen molar-refractivity contribution in [3.63, 3.8) is 0 Å². The molecule has 0 saturated heterocycles. The topological polar surface area (TPSA) is 76.5 Å². The zero-order valence-corrected chi connectivity index (χ0v) is 12.7. The largest absolute Gasteiger partial charge is 0.499 e. The van der Waals surface area contributed by atoms with Gasteiger partial charge in [-0.3, -0.25) is 9.78 Å². The molecule has 0 amide bonds. The maximum atomic E-state index is 13.3. The van der Waals surface area contributed by atoms with Gasteiger partial charge in [-0.05, 0) is 23.8 Å². The van der Waals surface area contributed by atoms with Crippen LogP contribution < -0.4 is 5.43 Å². The number of methoxy groups -OCH3 is 1. The molecule has 7 heteroatoms. The van der Waals surface area contributed by atoms with Crippen molar-refractivity contribution in [3.05, 3.63) is 58.3 Å². The molecule has 0 saturated carbocycles. The number of hydrogen-bond donors (Lipinski definition) is 1. The summed E-state index contributed by atoms with van der Waals surface area (Å²) in [7, 11) is 1.14. The van der Waals surface area contributed by atoms with Gasteiger partial charge in [0, 0.05) is 21.8 Å². The predicted octanol–water partition coefficient (Wildman–Crippen LogP) is 2.95. The summed E-state index contributed by atoms with van der Waals surface area (Å²) in [5.74, 6) is -1.36. The fourth-order valence-electron chi connectivity index (χ4n) is 2.21. The molecule has 116 valence electrons. The van der Waals surface area contributed by atoms with Crippen LogP contribution >= 0.6 is 11.3 Å². The average molecular weight is 331 g/mol. The highest BCUT2D eigenvalue weighted by Gasteiger charge is 2.20. The van der Waals surface area contributed by atoms with E-state index in [0.717, 1.165) is 24.6 Å². The van der Waals surface area contributed by atoms with Crippen LogP contribution in [-0.2, 0) is 4.74 Å². The molecule has 0 atom stereocenters. The van der Waals surface area contributed by atoms with E-state index in [9.17, 15) is 19.1 Å². The lowest BCUT2D eigenvalue weighted by atomic mass is 10.1. The third kappa shape index (κ3) is 2.66. The summed E-state index contributed by atoms with van der Waals surface area (Å²) in [5.41, 5.74) is 0.200. The summed E-state index contributed by atoms with van der Waals surface area (Å²) in [4.78, 5) is 27.7. The molecule has 0 bridgehead atoms. The molecule has 2 heterocycles. The first-order chi connectivity index (χ1) is 11.0. The number of ether oxygens (including phenoxy) is 1. The number of aromatic nitrogens is 1. The Kier molecular flexibility index (Phi) is 3.79. The molecule has 2 aromatic heterocycles. The minimum atomic E-state index is -0.885. The second-order valence-corrected chi connectivity index (χ2v) is 5.74. The molecule has 23 heavy (non-hydrogen) atoms. The molecular formula is C16H10FNO4S. The van der Waals surface area contributed by atoms with Gasteiger partial charge in [-0.1, -0.05) is 17.4 Å². The Bertz CT molecular complexity index is 983. The van der Waals surface area contributed by atoms with Crippen LogP contribution in [-0.4, -0.2) is 23.2 Å². The van der Waals surface area contributed by atoms with E-state index < -0.39 is 22.3 Å². The van der Waals surface area contributed by atoms with E-state index in [-0.39, 0.29) is 10.9 Å². The summed E-state index contributed by atoms with van der Waals surface area (Å²) in [6.07, 6.45) is 2.59. The zero-order chi connectivity index (χ0) is 16.6. The fraction of sp³-hybridized carbons (Fsp3) is 0.0625. The van der Waals surface area contributed by atoms with Crippen molar-refractivity contribution in [2.45, 2.75) is 0 Å². The number of esters is 1. The molecule has 3 rings (SSSR count). The molecule has 3 aromatic rings. The number of benzene rings is 1. The first-order valence-electron chi connectivity index (χ1n) is 6.50. The van der Waals surface area contributed by atoms with Gasteiger partial charge in [0.05, 0.1) is 13.3 Å². The maximum Gasteiger partial charge on any atom is 0.346 e. The molecule has 1 N–H and O–H groups in total. The molecule has 0 aliphatic heterocycles. The van der Waals surface area contributed by atoms with E-state index in [0.29, 0.717) is 15.8 Å². The molecule has 0 unspecified atom stereocenters. The van der Waals surface area contributed by atoms with Crippen LogP contribution in [0.25, 0.3) is 21.2 Å². The molecule has 1 aromatic carbocycles. The van der Waals surface area contributed by atoms with E-state index in [2.05, 4.69) is 9.72 Å². The van der Waals surface area contributed by atoms with Crippen molar-refractivity contribution in [1.82, 2.24) is 4.98 Å². The highest BCUT2D eigenvalue weighted by molar-refractivity contribution is 7.20. The quantitative estimate of drug-likeness (QED) is 0.731. The average Bonchev–Trinajstić information content (AvgIpc) is 2.54. The van der Waals surface area contributed by atoms with Gasteiger partial charge in [0.25, 0.3) is 0 Å². The number of carbonyl (C=O) groups excluding carboxylic acids is 1. The van der Waals surface area contributed by atoms with Crippen molar-refractivity contribution >= 4 is 27.4 Å². The Morgan fingerprint density at radius 2 is 2.04 bits per heavy atom. The smallest absolute Gasteiger partial charge is 0.346 e. The molecular weight excluding hydrogens is 321 g/mol. The Balaban J connectivity index is 2.23. The number of pyridine rings is 1. The first-order valence-corrected chi connectivity index (χ1v) is 7.32. The van der Waals surface area contributed by atoms with Crippen LogP contribution in [0, 0.1) is 5.82 Å². The zero-order valence-electron chi connectivity index (χ0n) is 11.9. The van der Waals surface area contributed by atoms with Gasteiger partial charge in [-0.25, -0.2) is 9.18 Å². The van der Waals surface area contributed by atoms with E-state index in [1.54, 1.807) is 12.1 Å². The van der Waals surface area contributed by atoms with Crippen molar-refractivity contribution in [2.24, 2.45) is 0 Å². The van der Waals surface area contributed by atoms with Gasteiger partial charge in [-0.15, -0.1) is 0 Å². The Morgan fingerprint density at radius 1 is 1.26 bits per heavy atom. The monoisotopic (exact) mass is 331 g/mol. The van der Waals surface area contributed by atoms with E-state index in [1.165, 1.54) is 18.3 Å². The van der Waals surface area contributed by atoms with Crippen LogP contribution in [0.5, 0.6) is 5.06 Å². The number of hydrogen-bond acceptors (Lipinski definition) is 6. The van der Waals surface area contributed by atoms with E-state index in [4.69, 9.17) is 0 Å². The van der Waals surface area contributed by atoms with Gasteiger partial charge in [0.1, 0.15) is 5.82 Å². The third-order valence-electron chi connectivity index (χ3n) is 3.30. The van der Waals surface area contributed by atoms with Crippen LogP contribution in [0.3, 0.4) is 0 Å². The van der Waals surface area contributed by atoms with Gasteiger partial charge >= 0.3 is 5.97 Å². The van der Waals surface area contributed by atoms with Crippen molar-refractivity contribution < 1.29 is 19.0 Å². The standard InChI is InChI=1S/C16H10FNO4S/c1-22-15(20)13-14(19)11-3-2-8(5-12(11)23-16(13)21)9-4-10(17)7-18-6-9/h2-7,21H,1H3. The Morgan fingerprint density at radius 3 is 2.74 bits per heavy atom. The molecule has 0 radical (unpaired) electrons. The number of aromatic hydroxyl groups is 1. The highest BCUT2D eigenvalue weighted by Crippen LogP contribution is 2.31. The second kappa shape index (κ2) is 5.77. The Labute approximate surface area is 133 Å². The number of nitrogens with zero attached hydrogens (tertiary/aromatic N) is 1. The van der Waals surface area contributed by atoms with Crippen LogP contribution in [0.2, 0.25) is 0 Å². The summed E-state index contributed by atoms with van der Waals surface area (Å²) in [6.45, 7) is 0. The Hall–Kier alpha value is -2.80. The minimum absolute atomic E-state index is 0.279. The summed E-state index contributed by atoms with van der Waals surface area (Å²) >= 11 is 0.880. The van der Waals surface area contributed by atoms with Crippen LogP contribution in [0.4, 0.5) is 4.39 Å². The van der Waals surface area contributed by atoms with Crippen LogP contribution in [0.1, 0.15) is 10.4 Å². The lowest BCUT2D eigenvalue weighted by Gasteiger charge is -2.06. The molecule has 0 aliphatic carbocycles. The van der Waals surface area contributed by atoms with Gasteiger partial charge < -0.3 is 9.84 Å². The SMILES string of the molecule is COC(=O)c1c(O)sc2cc(-c3cncc(F)c3)ccc2c1=O. The van der Waals surface area contributed by atoms with Crippen LogP contribution in [0.15, 0.2) is 41.5 Å². The lowest BCUT2D eigenvalue weighted by Crippen LogP contribution is -2.15. The number of carbonyl (C=O) groups is 1.